The third kappa shape index (κ3) is 4.21. The lowest BCUT2D eigenvalue weighted by Crippen LogP contribution is -2.45. The van der Waals surface area contributed by atoms with Crippen molar-refractivity contribution in [3.05, 3.63) is 0 Å². The second-order valence-corrected chi connectivity index (χ2v) is 7.14. The highest BCUT2D eigenvalue weighted by Crippen LogP contribution is 2.42. The first-order valence-electron chi connectivity index (χ1n) is 8.76. The van der Waals surface area contributed by atoms with Crippen LogP contribution >= 0.6 is 0 Å². The van der Waals surface area contributed by atoms with Gasteiger partial charge in [0.2, 0.25) is 5.91 Å². The minimum atomic E-state index is 0.125. The number of hydrogen-bond acceptors (Lipinski definition) is 4. The van der Waals surface area contributed by atoms with Gasteiger partial charge in [-0.25, -0.2) is 0 Å². The van der Waals surface area contributed by atoms with Crippen LogP contribution in [0.2, 0.25) is 0 Å². The molecule has 0 aromatic heterocycles. The average molecular weight is 311 g/mol. The molecule has 5 nitrogen and oxygen atoms in total. The Hall–Kier alpha value is -0.650. The normalized spacial score (nSPS) is 27.5. The SMILES string of the molecule is CCOCC(=O)N1CCC2(CC1)CO[C@H](COCC1CC1)C2. The van der Waals surface area contributed by atoms with E-state index in [2.05, 4.69) is 0 Å². The summed E-state index contributed by atoms with van der Waals surface area (Å²) < 4.78 is 16.9. The van der Waals surface area contributed by atoms with Crippen LogP contribution in [-0.2, 0) is 19.0 Å². The lowest BCUT2D eigenvalue weighted by Gasteiger charge is -2.38. The molecule has 0 N–H and O–H groups in total. The van der Waals surface area contributed by atoms with E-state index in [1.54, 1.807) is 0 Å². The van der Waals surface area contributed by atoms with Crippen LogP contribution in [0.4, 0.5) is 0 Å². The van der Waals surface area contributed by atoms with Gasteiger partial charge in [-0.15, -0.1) is 0 Å². The zero-order valence-corrected chi connectivity index (χ0v) is 13.7. The second kappa shape index (κ2) is 7.28. The molecule has 3 rings (SSSR count). The van der Waals surface area contributed by atoms with E-state index < -0.39 is 0 Å². The lowest BCUT2D eigenvalue weighted by molar-refractivity contribution is -0.138. The van der Waals surface area contributed by atoms with Crippen molar-refractivity contribution in [3.63, 3.8) is 0 Å². The summed E-state index contributed by atoms with van der Waals surface area (Å²) in [6.45, 7) is 6.89. The van der Waals surface area contributed by atoms with Crippen LogP contribution in [0.3, 0.4) is 0 Å². The van der Waals surface area contributed by atoms with Gasteiger partial charge in [-0.05, 0) is 50.4 Å². The fourth-order valence-corrected chi connectivity index (χ4v) is 3.51. The van der Waals surface area contributed by atoms with Crippen molar-refractivity contribution in [1.82, 2.24) is 4.90 Å². The van der Waals surface area contributed by atoms with E-state index in [-0.39, 0.29) is 24.0 Å². The fourth-order valence-electron chi connectivity index (χ4n) is 3.51. The summed E-state index contributed by atoms with van der Waals surface area (Å²) in [6.07, 6.45) is 6.10. The van der Waals surface area contributed by atoms with E-state index in [1.165, 1.54) is 12.8 Å². The Balaban J connectivity index is 1.37. The summed E-state index contributed by atoms with van der Waals surface area (Å²) in [6, 6.07) is 0. The van der Waals surface area contributed by atoms with Crippen LogP contribution in [0.1, 0.15) is 39.0 Å². The Bertz CT molecular complexity index is 375. The molecular weight excluding hydrogens is 282 g/mol. The number of carbonyl (C=O) groups is 1. The van der Waals surface area contributed by atoms with Gasteiger partial charge in [0.25, 0.3) is 0 Å². The zero-order valence-electron chi connectivity index (χ0n) is 13.7. The zero-order chi connectivity index (χ0) is 15.4. The summed E-state index contributed by atoms with van der Waals surface area (Å²) in [5.41, 5.74) is 0.274. The molecule has 2 heterocycles. The number of amides is 1. The van der Waals surface area contributed by atoms with Gasteiger partial charge in [0.05, 0.1) is 19.3 Å². The maximum atomic E-state index is 12.0. The molecule has 2 saturated heterocycles. The monoisotopic (exact) mass is 311 g/mol. The van der Waals surface area contributed by atoms with Gasteiger partial charge in [-0.1, -0.05) is 0 Å². The van der Waals surface area contributed by atoms with Crippen molar-refractivity contribution >= 4 is 5.91 Å². The van der Waals surface area contributed by atoms with E-state index in [0.29, 0.717) is 6.61 Å². The van der Waals surface area contributed by atoms with E-state index in [9.17, 15) is 4.79 Å². The third-order valence-corrected chi connectivity index (χ3v) is 5.25. The molecular formula is C17H29NO4. The molecule has 1 spiro atoms. The number of ether oxygens (including phenoxy) is 3. The van der Waals surface area contributed by atoms with E-state index >= 15 is 0 Å². The van der Waals surface area contributed by atoms with Crippen LogP contribution in [0, 0.1) is 11.3 Å². The van der Waals surface area contributed by atoms with Crippen molar-refractivity contribution in [2.24, 2.45) is 11.3 Å². The third-order valence-electron chi connectivity index (χ3n) is 5.25. The molecule has 3 fully saturated rings. The number of piperidine rings is 1. The number of rotatable bonds is 7. The first-order valence-corrected chi connectivity index (χ1v) is 8.76. The van der Waals surface area contributed by atoms with Gasteiger partial charge in [0.15, 0.2) is 0 Å². The lowest BCUT2D eigenvalue weighted by atomic mass is 9.76. The Labute approximate surface area is 133 Å². The maximum Gasteiger partial charge on any atom is 0.248 e. The Morgan fingerprint density at radius 1 is 1.23 bits per heavy atom. The van der Waals surface area contributed by atoms with Gasteiger partial charge in [0, 0.05) is 26.3 Å². The summed E-state index contributed by atoms with van der Waals surface area (Å²) in [7, 11) is 0. The number of carbonyl (C=O) groups excluding carboxylic acids is 1. The molecule has 126 valence electrons. The Kier molecular flexibility index (Phi) is 5.37. The van der Waals surface area contributed by atoms with Crippen molar-refractivity contribution in [3.8, 4) is 0 Å². The number of likely N-dealkylation sites (tertiary alicyclic amines) is 1. The molecule has 0 unspecified atom stereocenters. The van der Waals surface area contributed by atoms with Gasteiger partial charge in [-0.3, -0.25) is 4.79 Å². The number of nitrogens with zero attached hydrogens (tertiary/aromatic N) is 1. The quantitative estimate of drug-likeness (QED) is 0.720. The van der Waals surface area contributed by atoms with Crippen LogP contribution in [0.5, 0.6) is 0 Å². The van der Waals surface area contributed by atoms with E-state index in [4.69, 9.17) is 14.2 Å². The van der Waals surface area contributed by atoms with Gasteiger partial charge >= 0.3 is 0 Å². The smallest absolute Gasteiger partial charge is 0.248 e. The summed E-state index contributed by atoms with van der Waals surface area (Å²) in [4.78, 5) is 13.9. The minimum absolute atomic E-state index is 0.125. The predicted molar refractivity (Wildman–Crippen MR) is 82.6 cm³/mol. The highest BCUT2D eigenvalue weighted by atomic mass is 16.5. The molecule has 2 aliphatic heterocycles. The molecule has 3 aliphatic rings. The molecule has 1 saturated carbocycles. The molecule has 1 aliphatic carbocycles. The molecule has 1 atom stereocenters. The standard InChI is InChI=1S/C17H29NO4/c1-2-20-12-16(19)18-7-5-17(6-8-18)9-15(22-13-17)11-21-10-14-3-4-14/h14-15H,2-13H2,1H3/t15-/m0/s1. The molecule has 0 aromatic rings. The van der Waals surface area contributed by atoms with Crippen molar-refractivity contribution in [2.75, 3.05) is 46.1 Å². The maximum absolute atomic E-state index is 12.0. The van der Waals surface area contributed by atoms with Crippen LogP contribution in [0.15, 0.2) is 0 Å². The van der Waals surface area contributed by atoms with Crippen molar-refractivity contribution in [2.45, 2.75) is 45.1 Å². The highest BCUT2D eigenvalue weighted by molar-refractivity contribution is 5.77. The highest BCUT2D eigenvalue weighted by Gasteiger charge is 2.43. The second-order valence-electron chi connectivity index (χ2n) is 7.14. The predicted octanol–water partition coefficient (Wildman–Crippen LogP) is 1.85. The molecule has 0 aromatic carbocycles. The van der Waals surface area contributed by atoms with E-state index in [1.807, 2.05) is 11.8 Å². The summed E-state index contributed by atoms with van der Waals surface area (Å²) in [5, 5.41) is 0. The van der Waals surface area contributed by atoms with Crippen molar-refractivity contribution in [1.29, 1.82) is 0 Å². The first-order chi connectivity index (χ1) is 10.7. The molecule has 22 heavy (non-hydrogen) atoms. The minimum Gasteiger partial charge on any atom is -0.378 e. The Morgan fingerprint density at radius 2 is 2.00 bits per heavy atom. The molecule has 1 amide bonds. The Morgan fingerprint density at radius 3 is 2.68 bits per heavy atom. The average Bonchev–Trinajstić information content (AvgIpc) is 3.28. The summed E-state index contributed by atoms with van der Waals surface area (Å²) in [5.74, 6) is 0.940. The van der Waals surface area contributed by atoms with Gasteiger partial charge in [-0.2, -0.15) is 0 Å². The van der Waals surface area contributed by atoms with Crippen LogP contribution in [0.25, 0.3) is 0 Å². The largest absolute Gasteiger partial charge is 0.378 e. The van der Waals surface area contributed by atoms with Crippen LogP contribution in [-0.4, -0.2) is 63.0 Å². The molecule has 5 heteroatoms. The number of hydrogen-bond donors (Lipinski definition) is 0. The van der Waals surface area contributed by atoms with Crippen LogP contribution < -0.4 is 0 Å². The summed E-state index contributed by atoms with van der Waals surface area (Å²) >= 11 is 0. The van der Waals surface area contributed by atoms with Gasteiger partial charge in [0.1, 0.15) is 6.61 Å². The van der Waals surface area contributed by atoms with Gasteiger partial charge < -0.3 is 19.1 Å². The first kappa shape index (κ1) is 16.2. The van der Waals surface area contributed by atoms with E-state index in [0.717, 1.165) is 58.1 Å². The molecule has 0 bridgehead atoms. The topological polar surface area (TPSA) is 48.0 Å². The molecule has 0 radical (unpaired) electrons. The fraction of sp³-hybridized carbons (Fsp3) is 0.941. The van der Waals surface area contributed by atoms with Crippen molar-refractivity contribution < 1.29 is 19.0 Å².